The second-order valence-corrected chi connectivity index (χ2v) is 7.10. The van der Waals surface area contributed by atoms with Gasteiger partial charge < -0.3 is 15.1 Å². The molecule has 6 heteroatoms. The fourth-order valence-corrected chi connectivity index (χ4v) is 3.43. The van der Waals surface area contributed by atoms with Gasteiger partial charge in [0, 0.05) is 38.8 Å². The van der Waals surface area contributed by atoms with E-state index >= 15 is 0 Å². The second-order valence-electron chi connectivity index (χ2n) is 7.10. The molecule has 1 aliphatic heterocycles. The Balaban J connectivity index is 1.69. The summed E-state index contributed by atoms with van der Waals surface area (Å²) in [7, 11) is 0. The molecule has 3 amide bonds. The lowest BCUT2D eigenvalue weighted by atomic mass is 10.0. The smallest absolute Gasteiger partial charge is 0.240 e. The molecule has 0 unspecified atom stereocenters. The van der Waals surface area contributed by atoms with Crippen molar-refractivity contribution >= 4 is 23.4 Å². The molecular formula is C19H25N3O3. The molecule has 0 spiro atoms. The summed E-state index contributed by atoms with van der Waals surface area (Å²) in [5, 5.41) is 2.98. The average Bonchev–Trinajstić information content (AvgIpc) is 3.39. The van der Waals surface area contributed by atoms with Gasteiger partial charge in [0.15, 0.2) is 0 Å². The number of hydrogen-bond donors (Lipinski definition) is 1. The Kier molecular flexibility index (Phi) is 4.54. The van der Waals surface area contributed by atoms with Gasteiger partial charge in [-0.15, -0.1) is 0 Å². The van der Waals surface area contributed by atoms with Crippen LogP contribution in [0.3, 0.4) is 0 Å². The van der Waals surface area contributed by atoms with Crippen LogP contribution in [0.15, 0.2) is 18.2 Å². The van der Waals surface area contributed by atoms with Crippen LogP contribution in [0.5, 0.6) is 0 Å². The molecule has 2 aliphatic rings. The topological polar surface area (TPSA) is 69.7 Å². The molecule has 1 aromatic rings. The maximum Gasteiger partial charge on any atom is 0.240 e. The summed E-state index contributed by atoms with van der Waals surface area (Å²) in [6.45, 7) is 7.51. The van der Waals surface area contributed by atoms with Crippen LogP contribution < -0.4 is 5.32 Å². The van der Waals surface area contributed by atoms with Crippen molar-refractivity contribution in [2.45, 2.75) is 33.6 Å². The normalized spacial score (nSPS) is 18.7. The molecule has 0 atom stereocenters. The maximum atomic E-state index is 12.9. The minimum Gasteiger partial charge on any atom is -0.339 e. The van der Waals surface area contributed by atoms with Crippen LogP contribution in [0.4, 0.5) is 5.69 Å². The first kappa shape index (κ1) is 17.5. The summed E-state index contributed by atoms with van der Waals surface area (Å²) in [6.07, 6.45) is 1.19. The van der Waals surface area contributed by atoms with Gasteiger partial charge in [0.05, 0.1) is 0 Å². The monoisotopic (exact) mass is 343 g/mol. The molecule has 1 N–H and O–H groups in total. The van der Waals surface area contributed by atoms with E-state index in [1.54, 1.807) is 9.80 Å². The van der Waals surface area contributed by atoms with Crippen molar-refractivity contribution in [1.29, 1.82) is 0 Å². The molecule has 3 rings (SSSR count). The number of rotatable bonds is 3. The average molecular weight is 343 g/mol. The predicted molar refractivity (Wildman–Crippen MR) is 95.0 cm³/mol. The van der Waals surface area contributed by atoms with E-state index in [0.717, 1.165) is 16.8 Å². The zero-order valence-corrected chi connectivity index (χ0v) is 15.1. The molecule has 1 aromatic carbocycles. The van der Waals surface area contributed by atoms with E-state index in [-0.39, 0.29) is 17.7 Å². The molecule has 134 valence electrons. The number of anilines is 1. The summed E-state index contributed by atoms with van der Waals surface area (Å²) in [6, 6.07) is 5.85. The van der Waals surface area contributed by atoms with Crippen molar-refractivity contribution in [3.8, 4) is 0 Å². The third-order valence-electron chi connectivity index (χ3n) is 5.33. The molecule has 0 bridgehead atoms. The first-order chi connectivity index (χ1) is 11.8. The Morgan fingerprint density at radius 3 is 1.96 bits per heavy atom. The Labute approximate surface area is 148 Å². The van der Waals surface area contributed by atoms with Gasteiger partial charge in [-0.25, -0.2) is 0 Å². The van der Waals surface area contributed by atoms with Gasteiger partial charge in [0.2, 0.25) is 17.7 Å². The second kappa shape index (κ2) is 6.50. The standard InChI is InChI=1S/C19H25N3O3/c1-13-5-4-6-14(2)16(13)20-17(24)19(7-8-19)18(25)22-11-9-21(10-12-22)15(3)23/h4-6H,7-12H2,1-3H3,(H,20,24). The number of nitrogens with one attached hydrogen (secondary N) is 1. The fraction of sp³-hybridized carbons (Fsp3) is 0.526. The van der Waals surface area contributed by atoms with E-state index in [9.17, 15) is 14.4 Å². The molecular weight excluding hydrogens is 318 g/mol. The first-order valence-electron chi connectivity index (χ1n) is 8.78. The third kappa shape index (κ3) is 3.25. The predicted octanol–water partition coefficient (Wildman–Crippen LogP) is 1.71. The van der Waals surface area contributed by atoms with Crippen molar-refractivity contribution in [2.75, 3.05) is 31.5 Å². The lowest BCUT2D eigenvalue weighted by molar-refractivity contribution is -0.146. The highest BCUT2D eigenvalue weighted by Crippen LogP contribution is 2.48. The van der Waals surface area contributed by atoms with E-state index in [1.807, 2.05) is 32.0 Å². The lowest BCUT2D eigenvalue weighted by Crippen LogP contribution is -2.53. The van der Waals surface area contributed by atoms with Gasteiger partial charge in [-0.3, -0.25) is 14.4 Å². The number of benzene rings is 1. The first-order valence-corrected chi connectivity index (χ1v) is 8.78. The van der Waals surface area contributed by atoms with Crippen LogP contribution in [-0.4, -0.2) is 53.7 Å². The number of carbonyl (C=O) groups is 3. The molecule has 1 aliphatic carbocycles. The summed E-state index contributed by atoms with van der Waals surface area (Å²) < 4.78 is 0. The van der Waals surface area contributed by atoms with Crippen molar-refractivity contribution in [3.05, 3.63) is 29.3 Å². The molecule has 25 heavy (non-hydrogen) atoms. The Morgan fingerprint density at radius 2 is 1.48 bits per heavy atom. The van der Waals surface area contributed by atoms with Crippen molar-refractivity contribution in [2.24, 2.45) is 5.41 Å². The van der Waals surface area contributed by atoms with Gasteiger partial charge in [-0.2, -0.15) is 0 Å². The van der Waals surface area contributed by atoms with E-state index in [2.05, 4.69) is 5.32 Å². The van der Waals surface area contributed by atoms with Crippen LogP contribution >= 0.6 is 0 Å². The minimum absolute atomic E-state index is 0.0287. The van der Waals surface area contributed by atoms with E-state index in [0.29, 0.717) is 39.0 Å². The number of amides is 3. The van der Waals surface area contributed by atoms with Gasteiger partial charge in [-0.05, 0) is 37.8 Å². The van der Waals surface area contributed by atoms with E-state index < -0.39 is 5.41 Å². The number of carbonyl (C=O) groups excluding carboxylic acids is 3. The zero-order chi connectivity index (χ0) is 18.2. The van der Waals surface area contributed by atoms with E-state index in [1.165, 1.54) is 6.92 Å². The van der Waals surface area contributed by atoms with Gasteiger partial charge in [0.25, 0.3) is 0 Å². The molecule has 1 heterocycles. The highest BCUT2D eigenvalue weighted by atomic mass is 16.2. The van der Waals surface area contributed by atoms with Crippen LogP contribution in [0, 0.1) is 19.3 Å². The number of piperazine rings is 1. The van der Waals surface area contributed by atoms with Crippen molar-refractivity contribution in [1.82, 2.24) is 9.80 Å². The summed E-state index contributed by atoms with van der Waals surface area (Å²) in [4.78, 5) is 40.6. The Bertz CT molecular complexity index is 696. The highest BCUT2D eigenvalue weighted by Gasteiger charge is 2.58. The fourth-order valence-electron chi connectivity index (χ4n) is 3.43. The third-order valence-corrected chi connectivity index (χ3v) is 5.33. The molecule has 1 saturated carbocycles. The van der Waals surface area contributed by atoms with E-state index in [4.69, 9.17) is 0 Å². The number of hydrogen-bond acceptors (Lipinski definition) is 3. The summed E-state index contributed by atoms with van der Waals surface area (Å²) in [5.74, 6) is -0.274. The van der Waals surface area contributed by atoms with Crippen LogP contribution in [0.1, 0.15) is 30.9 Å². The molecule has 1 saturated heterocycles. The van der Waals surface area contributed by atoms with Crippen molar-refractivity contribution in [3.63, 3.8) is 0 Å². The molecule has 2 fully saturated rings. The van der Waals surface area contributed by atoms with Crippen molar-refractivity contribution < 1.29 is 14.4 Å². The van der Waals surface area contributed by atoms with Crippen LogP contribution in [0.25, 0.3) is 0 Å². The summed E-state index contributed by atoms with van der Waals surface area (Å²) >= 11 is 0. The maximum absolute atomic E-state index is 12.9. The largest absolute Gasteiger partial charge is 0.339 e. The summed E-state index contributed by atoms with van der Waals surface area (Å²) in [5.41, 5.74) is 1.86. The minimum atomic E-state index is -0.923. The molecule has 6 nitrogen and oxygen atoms in total. The SMILES string of the molecule is CC(=O)N1CCN(C(=O)C2(C(=O)Nc3c(C)cccc3C)CC2)CC1. The van der Waals surface area contributed by atoms with Crippen LogP contribution in [0.2, 0.25) is 0 Å². The Morgan fingerprint density at radius 1 is 0.960 bits per heavy atom. The van der Waals surface area contributed by atoms with Gasteiger partial charge in [-0.1, -0.05) is 18.2 Å². The van der Waals surface area contributed by atoms with Gasteiger partial charge in [0.1, 0.15) is 5.41 Å². The zero-order valence-electron chi connectivity index (χ0n) is 15.1. The van der Waals surface area contributed by atoms with Gasteiger partial charge >= 0.3 is 0 Å². The quantitative estimate of drug-likeness (QED) is 0.850. The number of nitrogens with zero attached hydrogens (tertiary/aromatic N) is 2. The number of para-hydroxylation sites is 1. The number of aryl methyl sites for hydroxylation is 2. The Hall–Kier alpha value is -2.37. The molecule has 0 radical (unpaired) electrons. The molecule has 0 aromatic heterocycles. The van der Waals surface area contributed by atoms with Crippen LogP contribution in [-0.2, 0) is 14.4 Å². The highest BCUT2D eigenvalue weighted by molar-refractivity contribution is 6.13. The lowest BCUT2D eigenvalue weighted by Gasteiger charge is -2.36.